The molecule has 1 aliphatic rings. The van der Waals surface area contributed by atoms with E-state index in [1.807, 2.05) is 0 Å². The number of imide groups is 2. The van der Waals surface area contributed by atoms with E-state index >= 15 is 0 Å². The van der Waals surface area contributed by atoms with Crippen LogP contribution in [0.5, 0.6) is 0 Å². The molecule has 0 aliphatic carbocycles. The SMILES string of the molecule is O=C(COC(=O)CN1C(=O)Cc2ccccc2C1=O)NC(=O)c1cccs1. The van der Waals surface area contributed by atoms with Crippen molar-refractivity contribution in [2.75, 3.05) is 13.2 Å². The van der Waals surface area contributed by atoms with Gasteiger partial charge in [0.2, 0.25) is 5.91 Å². The summed E-state index contributed by atoms with van der Waals surface area (Å²) in [7, 11) is 0. The Bertz CT molecular complexity index is 922. The predicted octanol–water partition coefficient (Wildman–Crippen LogP) is 0.773. The first-order chi connectivity index (χ1) is 13.0. The van der Waals surface area contributed by atoms with E-state index in [9.17, 15) is 24.0 Å². The van der Waals surface area contributed by atoms with Gasteiger partial charge in [-0.1, -0.05) is 24.3 Å². The van der Waals surface area contributed by atoms with Gasteiger partial charge in [-0.2, -0.15) is 0 Å². The molecule has 0 atom stereocenters. The maximum absolute atomic E-state index is 12.4. The van der Waals surface area contributed by atoms with Crippen LogP contribution in [0.15, 0.2) is 41.8 Å². The molecule has 138 valence electrons. The summed E-state index contributed by atoms with van der Waals surface area (Å²) in [5.41, 5.74) is 0.952. The monoisotopic (exact) mass is 386 g/mol. The number of fused-ring (bicyclic) bond motifs is 1. The van der Waals surface area contributed by atoms with E-state index < -0.39 is 42.7 Å². The summed E-state index contributed by atoms with van der Waals surface area (Å²) in [4.78, 5) is 60.9. The third-order valence-electron chi connectivity index (χ3n) is 3.79. The summed E-state index contributed by atoms with van der Waals surface area (Å²) < 4.78 is 4.76. The average Bonchev–Trinajstić information content (AvgIpc) is 3.18. The highest BCUT2D eigenvalue weighted by molar-refractivity contribution is 7.12. The lowest BCUT2D eigenvalue weighted by Gasteiger charge is -2.25. The highest BCUT2D eigenvalue weighted by Gasteiger charge is 2.32. The molecular weight excluding hydrogens is 372 g/mol. The molecule has 0 fully saturated rings. The predicted molar refractivity (Wildman–Crippen MR) is 93.9 cm³/mol. The van der Waals surface area contributed by atoms with Crippen LogP contribution in [0, 0.1) is 0 Å². The van der Waals surface area contributed by atoms with Crippen LogP contribution in [0.25, 0.3) is 0 Å². The molecule has 0 saturated carbocycles. The quantitative estimate of drug-likeness (QED) is 0.601. The molecule has 0 unspecified atom stereocenters. The van der Waals surface area contributed by atoms with Crippen LogP contribution in [0.3, 0.4) is 0 Å². The molecule has 1 N–H and O–H groups in total. The van der Waals surface area contributed by atoms with Crippen LogP contribution in [0.4, 0.5) is 0 Å². The number of benzene rings is 1. The van der Waals surface area contributed by atoms with E-state index in [-0.39, 0.29) is 6.42 Å². The first-order valence-electron chi connectivity index (χ1n) is 7.91. The van der Waals surface area contributed by atoms with E-state index in [1.165, 1.54) is 0 Å². The van der Waals surface area contributed by atoms with Crippen molar-refractivity contribution < 1.29 is 28.7 Å². The van der Waals surface area contributed by atoms with Gasteiger partial charge in [-0.3, -0.25) is 34.2 Å². The van der Waals surface area contributed by atoms with Gasteiger partial charge in [0.05, 0.1) is 11.3 Å². The Kier molecular flexibility index (Phi) is 5.41. The van der Waals surface area contributed by atoms with Gasteiger partial charge < -0.3 is 4.74 Å². The Balaban J connectivity index is 1.52. The van der Waals surface area contributed by atoms with Crippen LogP contribution in [0.2, 0.25) is 0 Å². The van der Waals surface area contributed by atoms with E-state index in [4.69, 9.17) is 4.74 Å². The van der Waals surface area contributed by atoms with Gasteiger partial charge in [-0.15, -0.1) is 11.3 Å². The van der Waals surface area contributed by atoms with Crippen LogP contribution in [0.1, 0.15) is 25.6 Å². The fourth-order valence-corrected chi connectivity index (χ4v) is 3.13. The van der Waals surface area contributed by atoms with Crippen molar-refractivity contribution in [3.05, 3.63) is 57.8 Å². The zero-order valence-electron chi connectivity index (χ0n) is 14.0. The van der Waals surface area contributed by atoms with E-state index in [1.54, 1.807) is 41.8 Å². The Morgan fingerprint density at radius 3 is 2.63 bits per heavy atom. The third kappa shape index (κ3) is 4.26. The summed E-state index contributed by atoms with van der Waals surface area (Å²) in [6, 6.07) is 9.85. The first kappa shape index (κ1) is 18.5. The topological polar surface area (TPSA) is 110 Å². The standard InChI is InChI=1S/C18H14N2O6S/c21-14(19-17(24)13-6-3-7-27-13)10-26-16(23)9-20-15(22)8-11-4-1-2-5-12(11)18(20)25/h1-7H,8-10H2,(H,19,21,24). The number of hydrogen-bond donors (Lipinski definition) is 1. The van der Waals surface area contributed by atoms with E-state index in [0.717, 1.165) is 16.2 Å². The number of carbonyl (C=O) groups is 5. The lowest BCUT2D eigenvalue weighted by atomic mass is 9.98. The second kappa shape index (κ2) is 7.92. The summed E-state index contributed by atoms with van der Waals surface area (Å²) >= 11 is 1.16. The summed E-state index contributed by atoms with van der Waals surface area (Å²) in [6.07, 6.45) is 0.00496. The van der Waals surface area contributed by atoms with Crippen molar-refractivity contribution in [2.45, 2.75) is 6.42 Å². The van der Waals surface area contributed by atoms with Crippen LogP contribution in [-0.2, 0) is 25.5 Å². The van der Waals surface area contributed by atoms with E-state index in [2.05, 4.69) is 5.32 Å². The minimum absolute atomic E-state index is 0.00496. The molecule has 0 bridgehead atoms. The second-order valence-corrected chi connectivity index (χ2v) is 6.58. The highest BCUT2D eigenvalue weighted by atomic mass is 32.1. The molecule has 4 amide bonds. The number of thiophene rings is 1. The fraction of sp³-hybridized carbons (Fsp3) is 0.167. The number of hydrogen-bond acceptors (Lipinski definition) is 7. The van der Waals surface area contributed by atoms with Gasteiger partial charge in [-0.05, 0) is 23.1 Å². The van der Waals surface area contributed by atoms with Crippen molar-refractivity contribution in [1.29, 1.82) is 0 Å². The molecule has 9 heteroatoms. The van der Waals surface area contributed by atoms with Crippen molar-refractivity contribution in [2.24, 2.45) is 0 Å². The molecule has 0 radical (unpaired) electrons. The Hall–Kier alpha value is -3.33. The first-order valence-corrected chi connectivity index (χ1v) is 8.79. The van der Waals surface area contributed by atoms with Gasteiger partial charge in [0.1, 0.15) is 6.54 Å². The number of rotatable bonds is 5. The number of nitrogens with zero attached hydrogens (tertiary/aromatic N) is 1. The summed E-state index contributed by atoms with van der Waals surface area (Å²) in [5.74, 6) is -3.42. The number of ether oxygens (including phenoxy) is 1. The maximum atomic E-state index is 12.4. The molecule has 1 aliphatic heterocycles. The minimum Gasteiger partial charge on any atom is -0.454 e. The molecule has 2 heterocycles. The number of nitrogens with one attached hydrogen (secondary N) is 1. The summed E-state index contributed by atoms with van der Waals surface area (Å²) in [5, 5.41) is 3.76. The van der Waals surface area contributed by atoms with Gasteiger partial charge in [0.15, 0.2) is 6.61 Å². The molecule has 1 aromatic heterocycles. The lowest BCUT2D eigenvalue weighted by molar-refractivity contribution is -0.151. The normalized spacial score (nSPS) is 13.1. The Labute approximate surface area is 157 Å². The molecule has 0 spiro atoms. The number of amides is 4. The minimum atomic E-state index is -0.921. The summed E-state index contributed by atoms with van der Waals surface area (Å²) in [6.45, 7) is -1.29. The number of esters is 1. The molecule has 1 aromatic carbocycles. The zero-order valence-corrected chi connectivity index (χ0v) is 14.8. The van der Waals surface area contributed by atoms with Crippen molar-refractivity contribution >= 4 is 40.9 Å². The molecule has 2 aromatic rings. The Morgan fingerprint density at radius 2 is 1.89 bits per heavy atom. The van der Waals surface area contributed by atoms with Gasteiger partial charge in [-0.25, -0.2) is 0 Å². The van der Waals surface area contributed by atoms with Crippen LogP contribution >= 0.6 is 11.3 Å². The smallest absolute Gasteiger partial charge is 0.326 e. The molecular formula is C18H14N2O6S. The van der Waals surface area contributed by atoms with Gasteiger partial charge >= 0.3 is 5.97 Å². The maximum Gasteiger partial charge on any atom is 0.326 e. The van der Waals surface area contributed by atoms with Crippen molar-refractivity contribution in [3.8, 4) is 0 Å². The largest absolute Gasteiger partial charge is 0.454 e. The second-order valence-electron chi connectivity index (χ2n) is 5.63. The lowest BCUT2D eigenvalue weighted by Crippen LogP contribution is -2.45. The molecule has 0 saturated heterocycles. The fourth-order valence-electron chi connectivity index (χ4n) is 2.51. The van der Waals surface area contributed by atoms with Crippen molar-refractivity contribution in [1.82, 2.24) is 10.2 Å². The average molecular weight is 386 g/mol. The Morgan fingerprint density at radius 1 is 1.11 bits per heavy atom. The molecule has 27 heavy (non-hydrogen) atoms. The van der Waals surface area contributed by atoms with Crippen molar-refractivity contribution in [3.63, 3.8) is 0 Å². The van der Waals surface area contributed by atoms with E-state index in [0.29, 0.717) is 16.0 Å². The van der Waals surface area contributed by atoms with Crippen LogP contribution in [-0.4, -0.2) is 47.6 Å². The number of carbonyl (C=O) groups excluding carboxylic acids is 5. The molecule has 3 rings (SSSR count). The van der Waals surface area contributed by atoms with Gasteiger partial charge in [0, 0.05) is 5.56 Å². The highest BCUT2D eigenvalue weighted by Crippen LogP contribution is 2.19. The van der Waals surface area contributed by atoms with Gasteiger partial charge in [0.25, 0.3) is 17.7 Å². The third-order valence-corrected chi connectivity index (χ3v) is 4.65. The molecule has 8 nitrogen and oxygen atoms in total. The zero-order chi connectivity index (χ0) is 19.4. The van der Waals surface area contributed by atoms with Crippen LogP contribution < -0.4 is 5.32 Å².